The zero-order valence-corrected chi connectivity index (χ0v) is 12.5. The van der Waals surface area contributed by atoms with E-state index in [1.165, 1.54) is 17.7 Å². The molecule has 0 spiro atoms. The molecule has 1 aromatic carbocycles. The van der Waals surface area contributed by atoms with Crippen LogP contribution in [0.2, 0.25) is 0 Å². The highest BCUT2D eigenvalue weighted by Gasteiger charge is 2.36. The SMILES string of the molecule is CC(C)=CCC1CC(C(N)Cc2cccc(F)c2)OC1=O. The van der Waals surface area contributed by atoms with Gasteiger partial charge in [-0.15, -0.1) is 0 Å². The lowest BCUT2D eigenvalue weighted by atomic mass is 9.94. The minimum absolute atomic E-state index is 0.108. The van der Waals surface area contributed by atoms with Crippen molar-refractivity contribution in [2.75, 3.05) is 0 Å². The van der Waals surface area contributed by atoms with Crippen LogP contribution in [0.25, 0.3) is 0 Å². The summed E-state index contributed by atoms with van der Waals surface area (Å²) in [5.41, 5.74) is 8.14. The number of carbonyl (C=O) groups excluding carboxylic acids is 1. The maximum atomic E-state index is 13.2. The van der Waals surface area contributed by atoms with E-state index in [4.69, 9.17) is 10.5 Å². The predicted molar refractivity (Wildman–Crippen MR) is 80.1 cm³/mol. The van der Waals surface area contributed by atoms with Crippen LogP contribution in [-0.4, -0.2) is 18.1 Å². The summed E-state index contributed by atoms with van der Waals surface area (Å²) >= 11 is 0. The molecule has 0 amide bonds. The first-order valence-electron chi connectivity index (χ1n) is 7.29. The van der Waals surface area contributed by atoms with E-state index in [0.29, 0.717) is 19.3 Å². The number of esters is 1. The summed E-state index contributed by atoms with van der Waals surface area (Å²) in [6.07, 6.45) is 3.61. The maximum absolute atomic E-state index is 13.2. The van der Waals surface area contributed by atoms with Gasteiger partial charge in [-0.05, 0) is 50.8 Å². The van der Waals surface area contributed by atoms with Gasteiger partial charge in [-0.1, -0.05) is 23.8 Å². The zero-order chi connectivity index (χ0) is 15.4. The Morgan fingerprint density at radius 2 is 2.29 bits per heavy atom. The number of hydrogen-bond acceptors (Lipinski definition) is 3. The molecule has 2 N–H and O–H groups in total. The standard InChI is InChI=1S/C17H22FNO2/c1-11(2)6-7-13-10-16(21-17(13)20)15(19)9-12-4-3-5-14(18)8-12/h3-6,8,13,15-16H,7,9-10,19H2,1-2H3. The molecule has 1 aromatic rings. The monoisotopic (exact) mass is 291 g/mol. The number of nitrogens with two attached hydrogens (primary N) is 1. The topological polar surface area (TPSA) is 52.3 Å². The Morgan fingerprint density at radius 3 is 2.95 bits per heavy atom. The smallest absolute Gasteiger partial charge is 0.309 e. The predicted octanol–water partition coefficient (Wildman–Crippen LogP) is 2.98. The number of halogens is 1. The Morgan fingerprint density at radius 1 is 1.52 bits per heavy atom. The van der Waals surface area contributed by atoms with Crippen molar-refractivity contribution in [3.63, 3.8) is 0 Å². The molecular weight excluding hydrogens is 269 g/mol. The largest absolute Gasteiger partial charge is 0.460 e. The van der Waals surface area contributed by atoms with Gasteiger partial charge in [-0.3, -0.25) is 4.79 Å². The molecule has 0 aromatic heterocycles. The van der Waals surface area contributed by atoms with Crippen LogP contribution < -0.4 is 5.73 Å². The van der Waals surface area contributed by atoms with Crippen LogP contribution in [0.4, 0.5) is 4.39 Å². The van der Waals surface area contributed by atoms with Crippen LogP contribution in [0.3, 0.4) is 0 Å². The van der Waals surface area contributed by atoms with Crippen LogP contribution in [0.1, 0.15) is 32.3 Å². The van der Waals surface area contributed by atoms with Crippen molar-refractivity contribution >= 4 is 5.97 Å². The van der Waals surface area contributed by atoms with Gasteiger partial charge >= 0.3 is 5.97 Å². The molecule has 1 aliphatic rings. The van der Waals surface area contributed by atoms with Gasteiger partial charge in [0, 0.05) is 6.04 Å². The normalized spacial score (nSPS) is 22.8. The quantitative estimate of drug-likeness (QED) is 0.670. The van der Waals surface area contributed by atoms with Crippen molar-refractivity contribution in [1.82, 2.24) is 0 Å². The van der Waals surface area contributed by atoms with E-state index in [-0.39, 0.29) is 29.9 Å². The number of benzene rings is 1. The molecule has 3 nitrogen and oxygen atoms in total. The third-order valence-electron chi connectivity index (χ3n) is 3.77. The molecule has 114 valence electrons. The Hall–Kier alpha value is -1.68. The van der Waals surface area contributed by atoms with Gasteiger partial charge in [0.25, 0.3) is 0 Å². The lowest BCUT2D eigenvalue weighted by molar-refractivity contribution is -0.144. The average Bonchev–Trinajstić information content (AvgIpc) is 2.78. The Kier molecular flexibility index (Phi) is 5.12. The van der Waals surface area contributed by atoms with Crippen LogP contribution in [-0.2, 0) is 16.0 Å². The first kappa shape index (κ1) is 15.7. The van der Waals surface area contributed by atoms with Crippen molar-refractivity contribution in [2.24, 2.45) is 11.7 Å². The molecule has 1 aliphatic heterocycles. The van der Waals surface area contributed by atoms with Gasteiger partial charge in [0.15, 0.2) is 0 Å². The van der Waals surface area contributed by atoms with E-state index in [1.54, 1.807) is 6.07 Å². The van der Waals surface area contributed by atoms with Gasteiger partial charge < -0.3 is 10.5 Å². The third-order valence-corrected chi connectivity index (χ3v) is 3.77. The van der Waals surface area contributed by atoms with E-state index in [1.807, 2.05) is 26.0 Å². The Bertz CT molecular complexity index is 537. The van der Waals surface area contributed by atoms with Crippen molar-refractivity contribution < 1.29 is 13.9 Å². The fourth-order valence-electron chi connectivity index (χ4n) is 2.57. The molecule has 3 atom stereocenters. The summed E-state index contributed by atoms with van der Waals surface area (Å²) in [6.45, 7) is 4.01. The molecule has 1 saturated heterocycles. The van der Waals surface area contributed by atoms with Crippen molar-refractivity contribution in [3.05, 3.63) is 47.3 Å². The highest BCUT2D eigenvalue weighted by Crippen LogP contribution is 2.27. The summed E-state index contributed by atoms with van der Waals surface area (Å²) in [6, 6.07) is 6.07. The molecule has 1 fully saturated rings. The van der Waals surface area contributed by atoms with Gasteiger partial charge in [0.1, 0.15) is 11.9 Å². The maximum Gasteiger partial charge on any atom is 0.309 e. The Labute approximate surface area is 125 Å². The highest BCUT2D eigenvalue weighted by atomic mass is 19.1. The minimum atomic E-state index is -0.299. The van der Waals surface area contributed by atoms with E-state index in [0.717, 1.165) is 5.56 Å². The molecule has 3 unspecified atom stereocenters. The summed E-state index contributed by atoms with van der Waals surface area (Å²) in [5.74, 6) is -0.555. The first-order valence-corrected chi connectivity index (χ1v) is 7.29. The first-order chi connectivity index (χ1) is 9.95. The molecule has 2 rings (SSSR count). The second-order valence-corrected chi connectivity index (χ2v) is 5.92. The third kappa shape index (κ3) is 4.39. The van der Waals surface area contributed by atoms with Gasteiger partial charge in [-0.25, -0.2) is 4.39 Å². The number of carbonyl (C=O) groups is 1. The molecule has 0 bridgehead atoms. The average molecular weight is 291 g/mol. The van der Waals surface area contributed by atoms with E-state index in [9.17, 15) is 9.18 Å². The molecule has 1 heterocycles. The number of rotatable bonds is 5. The minimum Gasteiger partial charge on any atom is -0.460 e. The van der Waals surface area contributed by atoms with E-state index >= 15 is 0 Å². The van der Waals surface area contributed by atoms with Crippen LogP contribution >= 0.6 is 0 Å². The van der Waals surface area contributed by atoms with Gasteiger partial charge in [0.05, 0.1) is 5.92 Å². The lowest BCUT2D eigenvalue weighted by Gasteiger charge is -2.18. The van der Waals surface area contributed by atoms with Gasteiger partial charge in [-0.2, -0.15) is 0 Å². The molecule has 0 radical (unpaired) electrons. The van der Waals surface area contributed by atoms with Gasteiger partial charge in [0.2, 0.25) is 0 Å². The number of hydrogen-bond donors (Lipinski definition) is 1. The summed E-state index contributed by atoms with van der Waals surface area (Å²) in [4.78, 5) is 11.8. The lowest BCUT2D eigenvalue weighted by Crippen LogP contribution is -2.36. The zero-order valence-electron chi connectivity index (χ0n) is 12.5. The second kappa shape index (κ2) is 6.85. The molecule has 4 heteroatoms. The number of ether oxygens (including phenoxy) is 1. The fourth-order valence-corrected chi connectivity index (χ4v) is 2.57. The molecule has 21 heavy (non-hydrogen) atoms. The van der Waals surface area contributed by atoms with E-state index < -0.39 is 0 Å². The van der Waals surface area contributed by atoms with Crippen molar-refractivity contribution in [3.8, 4) is 0 Å². The van der Waals surface area contributed by atoms with Crippen LogP contribution in [0.5, 0.6) is 0 Å². The molecule has 0 aliphatic carbocycles. The van der Waals surface area contributed by atoms with Crippen LogP contribution in [0.15, 0.2) is 35.9 Å². The molecule has 0 saturated carbocycles. The number of cyclic esters (lactones) is 1. The molecular formula is C17H22FNO2. The summed E-state index contributed by atoms with van der Waals surface area (Å²) in [5, 5.41) is 0. The summed E-state index contributed by atoms with van der Waals surface area (Å²) < 4.78 is 18.5. The fraction of sp³-hybridized carbons (Fsp3) is 0.471. The highest BCUT2D eigenvalue weighted by molar-refractivity contribution is 5.75. The number of allylic oxidation sites excluding steroid dienone is 2. The van der Waals surface area contributed by atoms with Crippen molar-refractivity contribution in [2.45, 2.75) is 45.3 Å². The second-order valence-electron chi connectivity index (χ2n) is 5.92. The van der Waals surface area contributed by atoms with E-state index in [2.05, 4.69) is 0 Å². The van der Waals surface area contributed by atoms with Crippen LogP contribution in [0, 0.1) is 11.7 Å². The van der Waals surface area contributed by atoms with Crippen molar-refractivity contribution in [1.29, 1.82) is 0 Å². The Balaban J connectivity index is 1.93. The summed E-state index contributed by atoms with van der Waals surface area (Å²) in [7, 11) is 0.